The van der Waals surface area contributed by atoms with E-state index >= 15 is 0 Å². The highest BCUT2D eigenvalue weighted by atomic mass is 16.5. The van der Waals surface area contributed by atoms with Crippen LogP contribution in [0, 0.1) is 6.92 Å². The summed E-state index contributed by atoms with van der Waals surface area (Å²) in [7, 11) is 0. The molecule has 1 aliphatic rings. The van der Waals surface area contributed by atoms with E-state index in [1.165, 1.54) is 0 Å². The van der Waals surface area contributed by atoms with Crippen LogP contribution < -0.4 is 5.32 Å². The van der Waals surface area contributed by atoms with Gasteiger partial charge in [0.05, 0.1) is 18.8 Å². The van der Waals surface area contributed by atoms with Gasteiger partial charge in [0.15, 0.2) is 5.76 Å². The normalized spacial score (nSPS) is 16.4. The fraction of sp³-hybridized carbons (Fsp3) is 0.524. The van der Waals surface area contributed by atoms with Gasteiger partial charge in [-0.05, 0) is 24.0 Å². The molecule has 1 fully saturated rings. The molecule has 1 aromatic carbocycles. The van der Waals surface area contributed by atoms with Crippen molar-refractivity contribution >= 4 is 11.6 Å². The van der Waals surface area contributed by atoms with Gasteiger partial charge in [-0.25, -0.2) is 0 Å². The lowest BCUT2D eigenvalue weighted by molar-refractivity contribution is -0.117. The molecule has 1 aliphatic heterocycles. The number of hydrogen-bond acceptors (Lipinski definition) is 5. The Labute approximate surface area is 161 Å². The number of nitrogens with zero attached hydrogens (tertiary/aromatic N) is 3. The van der Waals surface area contributed by atoms with Crippen molar-refractivity contribution in [3.05, 3.63) is 47.3 Å². The fourth-order valence-electron chi connectivity index (χ4n) is 3.46. The minimum absolute atomic E-state index is 0.00539. The van der Waals surface area contributed by atoms with Crippen LogP contribution in [0.5, 0.6) is 0 Å². The van der Waals surface area contributed by atoms with E-state index in [4.69, 9.17) is 4.52 Å². The molecule has 0 unspecified atom stereocenters. The van der Waals surface area contributed by atoms with Gasteiger partial charge in [0.2, 0.25) is 5.91 Å². The molecule has 0 atom stereocenters. The van der Waals surface area contributed by atoms with E-state index in [9.17, 15) is 4.79 Å². The van der Waals surface area contributed by atoms with Crippen molar-refractivity contribution in [2.24, 2.45) is 0 Å². The van der Waals surface area contributed by atoms with Gasteiger partial charge in [0.1, 0.15) is 0 Å². The molecule has 1 saturated heterocycles. The van der Waals surface area contributed by atoms with E-state index in [2.05, 4.69) is 47.1 Å². The highest BCUT2D eigenvalue weighted by molar-refractivity contribution is 5.93. The summed E-state index contributed by atoms with van der Waals surface area (Å²) in [4.78, 5) is 17.1. The van der Waals surface area contributed by atoms with Crippen molar-refractivity contribution in [3.63, 3.8) is 0 Å². The van der Waals surface area contributed by atoms with Crippen LogP contribution in [0.15, 0.2) is 34.9 Å². The van der Waals surface area contributed by atoms with E-state index in [-0.39, 0.29) is 11.3 Å². The van der Waals surface area contributed by atoms with E-state index in [1.807, 2.05) is 31.2 Å². The quantitative estimate of drug-likeness (QED) is 0.877. The number of rotatable bonds is 5. The van der Waals surface area contributed by atoms with E-state index in [0.29, 0.717) is 6.54 Å². The lowest BCUT2D eigenvalue weighted by atomic mass is 9.86. The van der Waals surface area contributed by atoms with Gasteiger partial charge in [-0.2, -0.15) is 0 Å². The second-order valence-corrected chi connectivity index (χ2v) is 8.33. The Morgan fingerprint density at radius 1 is 1.15 bits per heavy atom. The van der Waals surface area contributed by atoms with Crippen LogP contribution in [0.4, 0.5) is 5.69 Å². The first kappa shape index (κ1) is 19.6. The Balaban J connectivity index is 1.49. The topological polar surface area (TPSA) is 61.6 Å². The minimum atomic E-state index is -0.00539. The van der Waals surface area contributed by atoms with Crippen LogP contribution in [0.3, 0.4) is 0 Å². The third-order valence-corrected chi connectivity index (χ3v) is 4.90. The van der Waals surface area contributed by atoms with E-state index in [1.54, 1.807) is 0 Å². The maximum absolute atomic E-state index is 12.5. The van der Waals surface area contributed by atoms with Crippen LogP contribution in [-0.2, 0) is 16.8 Å². The lowest BCUT2D eigenvalue weighted by Crippen LogP contribution is -2.48. The van der Waals surface area contributed by atoms with Crippen LogP contribution >= 0.6 is 0 Å². The van der Waals surface area contributed by atoms with Gasteiger partial charge in [-0.1, -0.05) is 44.1 Å². The van der Waals surface area contributed by atoms with Gasteiger partial charge >= 0.3 is 0 Å². The Morgan fingerprint density at radius 3 is 2.44 bits per heavy atom. The average Bonchev–Trinajstić information content (AvgIpc) is 3.01. The lowest BCUT2D eigenvalue weighted by Gasteiger charge is -2.33. The molecule has 0 aliphatic carbocycles. The van der Waals surface area contributed by atoms with Crippen molar-refractivity contribution in [1.82, 2.24) is 15.0 Å². The van der Waals surface area contributed by atoms with Crippen molar-refractivity contribution < 1.29 is 9.32 Å². The van der Waals surface area contributed by atoms with Gasteiger partial charge in [-0.3, -0.25) is 14.6 Å². The molecule has 0 spiro atoms. The third kappa shape index (κ3) is 5.40. The Kier molecular flexibility index (Phi) is 5.97. The number of amides is 1. The van der Waals surface area contributed by atoms with E-state index < -0.39 is 0 Å². The van der Waals surface area contributed by atoms with Gasteiger partial charge in [0, 0.05) is 37.9 Å². The van der Waals surface area contributed by atoms with E-state index in [0.717, 1.165) is 55.4 Å². The van der Waals surface area contributed by atoms with Crippen LogP contribution in [-0.4, -0.2) is 53.6 Å². The van der Waals surface area contributed by atoms with Crippen molar-refractivity contribution in [1.29, 1.82) is 0 Å². The Morgan fingerprint density at radius 2 is 1.81 bits per heavy atom. The Hall–Kier alpha value is -2.18. The molecule has 0 saturated carbocycles. The van der Waals surface area contributed by atoms with Gasteiger partial charge in [-0.15, -0.1) is 0 Å². The smallest absolute Gasteiger partial charge is 0.238 e. The second-order valence-electron chi connectivity index (χ2n) is 8.33. The first-order valence-electron chi connectivity index (χ1n) is 9.57. The number of carbonyl (C=O) groups excluding carboxylic acids is 1. The summed E-state index contributed by atoms with van der Waals surface area (Å²) in [6.07, 6.45) is 0. The standard InChI is InChI=1S/C21H30N4O2/c1-16-13-17(27-23-16)14-24-9-11-25(12-10-24)15-20(26)22-19-8-6-5-7-18(19)21(2,3)4/h5-8,13H,9-12,14-15H2,1-4H3,(H,22,26). The third-order valence-electron chi connectivity index (χ3n) is 4.90. The number of aryl methyl sites for hydroxylation is 1. The Bertz CT molecular complexity index is 770. The first-order chi connectivity index (χ1) is 12.8. The monoisotopic (exact) mass is 370 g/mol. The number of nitrogens with one attached hydrogen (secondary N) is 1. The highest BCUT2D eigenvalue weighted by Gasteiger charge is 2.22. The molecule has 3 rings (SSSR count). The van der Waals surface area contributed by atoms with Crippen molar-refractivity contribution in [2.75, 3.05) is 38.0 Å². The number of anilines is 1. The zero-order chi connectivity index (χ0) is 19.4. The number of para-hydroxylation sites is 1. The van der Waals surface area contributed by atoms with Crippen molar-refractivity contribution in [2.45, 2.75) is 39.7 Å². The molecule has 1 N–H and O–H groups in total. The fourth-order valence-corrected chi connectivity index (χ4v) is 3.46. The summed E-state index contributed by atoms with van der Waals surface area (Å²) < 4.78 is 5.29. The molecule has 146 valence electrons. The summed E-state index contributed by atoms with van der Waals surface area (Å²) in [5.74, 6) is 0.948. The van der Waals surface area contributed by atoms with Crippen LogP contribution in [0.2, 0.25) is 0 Å². The summed E-state index contributed by atoms with van der Waals surface area (Å²) in [6.45, 7) is 13.2. The van der Waals surface area contributed by atoms with Gasteiger partial charge in [0.25, 0.3) is 0 Å². The zero-order valence-electron chi connectivity index (χ0n) is 16.8. The molecule has 2 aromatic rings. The molecule has 1 aromatic heterocycles. The SMILES string of the molecule is Cc1cc(CN2CCN(CC(=O)Nc3ccccc3C(C)(C)C)CC2)on1. The van der Waals surface area contributed by atoms with Crippen molar-refractivity contribution in [3.8, 4) is 0 Å². The second kappa shape index (κ2) is 8.23. The maximum atomic E-state index is 12.5. The molecule has 6 nitrogen and oxygen atoms in total. The number of piperazine rings is 1. The van der Waals surface area contributed by atoms with Crippen LogP contribution in [0.1, 0.15) is 37.8 Å². The number of aromatic nitrogens is 1. The summed E-state index contributed by atoms with van der Waals surface area (Å²) >= 11 is 0. The largest absolute Gasteiger partial charge is 0.360 e. The molecule has 0 bridgehead atoms. The summed E-state index contributed by atoms with van der Waals surface area (Å²) in [6, 6.07) is 10.0. The molecule has 2 heterocycles. The predicted octanol–water partition coefficient (Wildman–Crippen LogP) is 3.04. The minimum Gasteiger partial charge on any atom is -0.360 e. The van der Waals surface area contributed by atoms with Gasteiger partial charge < -0.3 is 9.84 Å². The average molecular weight is 370 g/mol. The summed E-state index contributed by atoms with van der Waals surface area (Å²) in [5.41, 5.74) is 2.98. The number of benzene rings is 1. The highest BCUT2D eigenvalue weighted by Crippen LogP contribution is 2.29. The maximum Gasteiger partial charge on any atom is 0.238 e. The number of carbonyl (C=O) groups is 1. The molecule has 0 radical (unpaired) electrons. The molecular weight excluding hydrogens is 340 g/mol. The molecule has 6 heteroatoms. The van der Waals surface area contributed by atoms with Crippen LogP contribution in [0.25, 0.3) is 0 Å². The number of hydrogen-bond donors (Lipinski definition) is 1. The molecular formula is C21H30N4O2. The summed E-state index contributed by atoms with van der Waals surface area (Å²) in [5, 5.41) is 7.04. The predicted molar refractivity (Wildman–Crippen MR) is 107 cm³/mol. The molecule has 1 amide bonds. The zero-order valence-corrected chi connectivity index (χ0v) is 16.8. The molecule has 27 heavy (non-hydrogen) atoms. The first-order valence-corrected chi connectivity index (χ1v) is 9.57.